The number of halogens is 1. The lowest BCUT2D eigenvalue weighted by Crippen LogP contribution is -2.41. The number of morpholine rings is 1. The fourth-order valence-electron chi connectivity index (χ4n) is 2.87. The highest BCUT2D eigenvalue weighted by Gasteiger charge is 2.30. The molecule has 0 aliphatic carbocycles. The van der Waals surface area contributed by atoms with Gasteiger partial charge in [-0.1, -0.05) is 30.3 Å². The van der Waals surface area contributed by atoms with E-state index >= 15 is 0 Å². The molecule has 0 spiro atoms. The van der Waals surface area contributed by atoms with E-state index in [4.69, 9.17) is 9.47 Å². The summed E-state index contributed by atoms with van der Waals surface area (Å²) in [6, 6.07) is 11.3. The fourth-order valence-corrected chi connectivity index (χ4v) is 4.37. The minimum atomic E-state index is -4.13. The zero-order valence-corrected chi connectivity index (χ0v) is 16.5. The van der Waals surface area contributed by atoms with Gasteiger partial charge in [-0.15, -0.1) is 0 Å². The molecule has 0 bridgehead atoms. The minimum Gasteiger partial charge on any atom is -0.451 e. The first-order chi connectivity index (χ1) is 13.8. The molecular formula is C20H20FNO6S. The average molecular weight is 421 g/mol. The van der Waals surface area contributed by atoms with Crippen molar-refractivity contribution in [2.75, 3.05) is 26.3 Å². The summed E-state index contributed by atoms with van der Waals surface area (Å²) in [7, 11) is -4.13. The number of nitrogens with zero attached hydrogens (tertiary/aromatic N) is 1. The predicted molar refractivity (Wildman–Crippen MR) is 102 cm³/mol. The number of carbonyl (C=O) groups excluding carboxylic acids is 2. The average Bonchev–Trinajstić information content (AvgIpc) is 2.74. The molecule has 0 N–H and O–H groups in total. The topological polar surface area (TPSA) is 90.0 Å². The van der Waals surface area contributed by atoms with Crippen LogP contribution in [0.1, 0.15) is 27.6 Å². The van der Waals surface area contributed by atoms with E-state index < -0.39 is 38.6 Å². The Labute approximate surface area is 168 Å². The maximum atomic E-state index is 14.3. The molecule has 7 nitrogen and oxygen atoms in total. The molecule has 1 heterocycles. The van der Waals surface area contributed by atoms with Gasteiger partial charge in [0.15, 0.2) is 6.10 Å². The van der Waals surface area contributed by atoms with Crippen LogP contribution in [0.2, 0.25) is 0 Å². The van der Waals surface area contributed by atoms with Crippen LogP contribution in [0.25, 0.3) is 0 Å². The van der Waals surface area contributed by atoms with Crippen LogP contribution in [0.5, 0.6) is 0 Å². The van der Waals surface area contributed by atoms with Crippen molar-refractivity contribution in [2.24, 2.45) is 0 Å². The van der Waals surface area contributed by atoms with Crippen molar-refractivity contribution in [2.45, 2.75) is 17.9 Å². The third-order valence-electron chi connectivity index (χ3n) is 4.47. The molecule has 1 fully saturated rings. The molecule has 9 heteroatoms. The molecular weight excluding hydrogens is 401 g/mol. The number of esters is 1. The summed E-state index contributed by atoms with van der Waals surface area (Å²) >= 11 is 0. The van der Waals surface area contributed by atoms with Crippen LogP contribution in [0.15, 0.2) is 53.4 Å². The molecule has 2 aromatic rings. The standard InChI is InChI=1S/C20H20FNO6S/c1-14(19(23)15-5-3-2-4-6-15)28-20(24)16-7-8-17(21)18(13-16)29(25,26)22-9-11-27-12-10-22/h2-8,13-14H,9-12H2,1H3. The Balaban J connectivity index is 1.80. The highest BCUT2D eigenvalue weighted by molar-refractivity contribution is 7.89. The molecule has 0 radical (unpaired) electrons. The summed E-state index contributed by atoms with van der Waals surface area (Å²) in [4.78, 5) is 24.2. The van der Waals surface area contributed by atoms with E-state index in [0.29, 0.717) is 5.56 Å². The van der Waals surface area contributed by atoms with E-state index in [1.54, 1.807) is 30.3 Å². The Morgan fingerprint density at radius 2 is 1.72 bits per heavy atom. The summed E-state index contributed by atoms with van der Waals surface area (Å²) in [5.74, 6) is -2.29. The van der Waals surface area contributed by atoms with Gasteiger partial charge in [0.25, 0.3) is 0 Å². The summed E-state index contributed by atoms with van der Waals surface area (Å²) in [5, 5.41) is 0. The third kappa shape index (κ3) is 4.69. The van der Waals surface area contributed by atoms with E-state index in [9.17, 15) is 22.4 Å². The monoisotopic (exact) mass is 421 g/mol. The molecule has 1 aliphatic rings. The number of sulfonamides is 1. The predicted octanol–water partition coefficient (Wildman–Crippen LogP) is 2.27. The molecule has 2 aromatic carbocycles. The number of hydrogen-bond acceptors (Lipinski definition) is 6. The van der Waals surface area contributed by atoms with Crippen molar-refractivity contribution >= 4 is 21.8 Å². The van der Waals surface area contributed by atoms with Gasteiger partial charge in [0.2, 0.25) is 15.8 Å². The van der Waals surface area contributed by atoms with Crippen LogP contribution in [0, 0.1) is 5.82 Å². The van der Waals surface area contributed by atoms with Crippen LogP contribution in [-0.4, -0.2) is 56.9 Å². The molecule has 0 aromatic heterocycles. The maximum Gasteiger partial charge on any atom is 0.338 e. The molecule has 29 heavy (non-hydrogen) atoms. The van der Waals surface area contributed by atoms with Crippen molar-refractivity contribution in [3.05, 3.63) is 65.5 Å². The molecule has 1 aliphatic heterocycles. The second-order valence-electron chi connectivity index (χ2n) is 6.44. The lowest BCUT2D eigenvalue weighted by atomic mass is 10.1. The lowest BCUT2D eigenvalue weighted by Gasteiger charge is -2.26. The molecule has 1 atom stereocenters. The Bertz CT molecular complexity index is 1000. The van der Waals surface area contributed by atoms with Gasteiger partial charge >= 0.3 is 5.97 Å². The highest BCUT2D eigenvalue weighted by atomic mass is 32.2. The summed E-state index contributed by atoms with van der Waals surface area (Å²) in [6.07, 6.45) is -1.09. The Kier molecular flexibility index (Phi) is 6.41. The first-order valence-corrected chi connectivity index (χ1v) is 10.4. The Morgan fingerprint density at radius 3 is 2.38 bits per heavy atom. The molecule has 0 amide bonds. The third-order valence-corrected chi connectivity index (χ3v) is 6.38. The summed E-state index contributed by atoms with van der Waals surface area (Å²) in [6.45, 7) is 2.03. The van der Waals surface area contributed by atoms with E-state index in [1.165, 1.54) is 6.92 Å². The van der Waals surface area contributed by atoms with Crippen molar-refractivity contribution in [1.29, 1.82) is 0 Å². The molecule has 0 saturated carbocycles. The molecule has 1 unspecified atom stereocenters. The SMILES string of the molecule is CC(OC(=O)c1ccc(F)c(S(=O)(=O)N2CCOCC2)c1)C(=O)c1ccccc1. The number of Topliss-reactive ketones (excluding diaryl/α,β-unsaturated/α-hetero) is 1. The van der Waals surface area contributed by atoms with Crippen molar-refractivity contribution in [3.8, 4) is 0 Å². The van der Waals surface area contributed by atoms with Gasteiger partial charge in [0.1, 0.15) is 10.7 Å². The number of ketones is 1. The lowest BCUT2D eigenvalue weighted by molar-refractivity contribution is 0.0318. The van der Waals surface area contributed by atoms with Gasteiger partial charge in [0, 0.05) is 18.7 Å². The van der Waals surface area contributed by atoms with Gasteiger partial charge in [0.05, 0.1) is 18.8 Å². The zero-order valence-electron chi connectivity index (χ0n) is 15.7. The quantitative estimate of drug-likeness (QED) is 0.525. The van der Waals surface area contributed by atoms with Crippen LogP contribution >= 0.6 is 0 Å². The summed E-state index contributed by atoms with van der Waals surface area (Å²) < 4.78 is 51.1. The smallest absolute Gasteiger partial charge is 0.338 e. The number of benzene rings is 2. The van der Waals surface area contributed by atoms with Crippen LogP contribution in [0.4, 0.5) is 4.39 Å². The highest BCUT2D eigenvalue weighted by Crippen LogP contribution is 2.22. The van der Waals surface area contributed by atoms with Gasteiger partial charge < -0.3 is 9.47 Å². The zero-order chi connectivity index (χ0) is 21.0. The van der Waals surface area contributed by atoms with Gasteiger partial charge in [-0.05, 0) is 25.1 Å². The largest absolute Gasteiger partial charge is 0.451 e. The van der Waals surface area contributed by atoms with E-state index in [-0.39, 0.29) is 31.9 Å². The summed E-state index contributed by atoms with van der Waals surface area (Å²) in [5.41, 5.74) is 0.216. The van der Waals surface area contributed by atoms with Gasteiger partial charge in [-0.3, -0.25) is 4.79 Å². The van der Waals surface area contributed by atoms with E-state index in [0.717, 1.165) is 22.5 Å². The Hall–Kier alpha value is -2.62. The van der Waals surface area contributed by atoms with Gasteiger partial charge in [-0.2, -0.15) is 4.31 Å². The van der Waals surface area contributed by atoms with Gasteiger partial charge in [-0.25, -0.2) is 17.6 Å². The maximum absolute atomic E-state index is 14.3. The normalized spacial score (nSPS) is 16.2. The minimum absolute atomic E-state index is 0.0963. The van der Waals surface area contributed by atoms with Crippen molar-refractivity contribution < 1.29 is 31.9 Å². The fraction of sp³-hybridized carbons (Fsp3) is 0.300. The number of carbonyl (C=O) groups is 2. The molecule has 3 rings (SSSR count). The van der Waals surface area contributed by atoms with Crippen LogP contribution in [0.3, 0.4) is 0 Å². The van der Waals surface area contributed by atoms with Crippen molar-refractivity contribution in [1.82, 2.24) is 4.31 Å². The van der Waals surface area contributed by atoms with E-state index in [1.807, 2.05) is 0 Å². The van der Waals surface area contributed by atoms with Crippen LogP contribution < -0.4 is 0 Å². The number of ether oxygens (including phenoxy) is 2. The second kappa shape index (κ2) is 8.81. The van der Waals surface area contributed by atoms with Crippen LogP contribution in [-0.2, 0) is 19.5 Å². The van der Waals surface area contributed by atoms with E-state index in [2.05, 4.69) is 0 Å². The Morgan fingerprint density at radius 1 is 1.07 bits per heavy atom. The number of rotatable bonds is 6. The second-order valence-corrected chi connectivity index (χ2v) is 8.35. The first-order valence-electron chi connectivity index (χ1n) is 8.98. The number of hydrogen-bond donors (Lipinski definition) is 0. The first kappa shape index (κ1) is 21.1. The van der Waals surface area contributed by atoms with Crippen molar-refractivity contribution in [3.63, 3.8) is 0 Å². The molecule has 1 saturated heterocycles. The molecule has 154 valence electrons.